The van der Waals surface area contributed by atoms with E-state index in [1.54, 1.807) is 0 Å². The Morgan fingerprint density at radius 3 is 3.00 bits per heavy atom. The van der Waals surface area contributed by atoms with Crippen molar-refractivity contribution in [1.29, 1.82) is 0 Å². The summed E-state index contributed by atoms with van der Waals surface area (Å²) in [6.45, 7) is 2.18. The van der Waals surface area contributed by atoms with Gasteiger partial charge >= 0.3 is 0 Å². The van der Waals surface area contributed by atoms with Gasteiger partial charge in [0.25, 0.3) is 0 Å². The minimum Gasteiger partial charge on any atom is -0.320 e. The van der Waals surface area contributed by atoms with Crippen LogP contribution < -0.4 is 5.73 Å². The van der Waals surface area contributed by atoms with Crippen LogP contribution in [0, 0.1) is 5.92 Å². The van der Waals surface area contributed by atoms with Gasteiger partial charge in [-0.05, 0) is 24.5 Å². The Morgan fingerprint density at radius 2 is 2.50 bits per heavy atom. The van der Waals surface area contributed by atoms with Crippen molar-refractivity contribution in [2.75, 3.05) is 0 Å². The normalized spacial score (nSPS) is 33.3. The maximum absolute atomic E-state index is 6.16. The van der Waals surface area contributed by atoms with Crippen LogP contribution in [0.25, 0.3) is 0 Å². The fourth-order valence-electron chi connectivity index (χ4n) is 1.81. The zero-order valence-corrected chi connectivity index (χ0v) is 7.33. The number of hydrogen-bond acceptors (Lipinski definition) is 2. The first-order chi connectivity index (χ1) is 5.77. The van der Waals surface area contributed by atoms with Gasteiger partial charge in [0.05, 0.1) is 11.2 Å². The molecule has 2 unspecified atom stereocenters. The lowest BCUT2D eigenvalue weighted by Crippen LogP contribution is -2.23. The molecule has 0 aromatic carbocycles. The summed E-state index contributed by atoms with van der Waals surface area (Å²) in [7, 11) is 0. The molecule has 1 fully saturated rings. The van der Waals surface area contributed by atoms with E-state index in [-0.39, 0.29) is 5.54 Å². The molecular formula is C10H14N2. The first kappa shape index (κ1) is 7.74. The van der Waals surface area contributed by atoms with Crippen LogP contribution in [0.5, 0.6) is 0 Å². The molecule has 0 radical (unpaired) electrons. The summed E-state index contributed by atoms with van der Waals surface area (Å²) in [4.78, 5) is 4.29. The van der Waals surface area contributed by atoms with Crippen LogP contribution in [0.1, 0.15) is 25.5 Å². The summed E-state index contributed by atoms with van der Waals surface area (Å²) < 4.78 is 0. The molecule has 1 aromatic rings. The number of aromatic nitrogens is 1. The molecule has 1 aliphatic carbocycles. The average molecular weight is 162 g/mol. The Hall–Kier alpha value is -0.890. The highest BCUT2D eigenvalue weighted by atomic mass is 14.9. The first-order valence-corrected chi connectivity index (χ1v) is 4.47. The zero-order chi connectivity index (χ0) is 8.60. The van der Waals surface area contributed by atoms with Crippen molar-refractivity contribution in [1.82, 2.24) is 4.98 Å². The summed E-state index contributed by atoms with van der Waals surface area (Å²) >= 11 is 0. The van der Waals surface area contributed by atoms with Crippen molar-refractivity contribution in [3.63, 3.8) is 0 Å². The van der Waals surface area contributed by atoms with E-state index < -0.39 is 0 Å². The lowest BCUT2D eigenvalue weighted by molar-refractivity contribution is 0.598. The predicted octanol–water partition coefficient (Wildman–Crippen LogP) is 1.67. The Morgan fingerprint density at radius 1 is 1.67 bits per heavy atom. The largest absolute Gasteiger partial charge is 0.320 e. The Kier molecular flexibility index (Phi) is 1.65. The molecule has 2 heteroatoms. The van der Waals surface area contributed by atoms with E-state index in [0.717, 1.165) is 18.5 Å². The highest BCUT2D eigenvalue weighted by Gasteiger charge is 2.51. The molecule has 12 heavy (non-hydrogen) atoms. The quantitative estimate of drug-likeness (QED) is 0.718. The Balaban J connectivity index is 2.23. The third kappa shape index (κ3) is 1.03. The van der Waals surface area contributed by atoms with Gasteiger partial charge in [0.2, 0.25) is 0 Å². The van der Waals surface area contributed by atoms with Crippen molar-refractivity contribution < 1.29 is 0 Å². The van der Waals surface area contributed by atoms with Crippen LogP contribution >= 0.6 is 0 Å². The van der Waals surface area contributed by atoms with Gasteiger partial charge in [0.15, 0.2) is 0 Å². The molecule has 0 saturated heterocycles. The van der Waals surface area contributed by atoms with Gasteiger partial charge < -0.3 is 5.73 Å². The van der Waals surface area contributed by atoms with Crippen molar-refractivity contribution in [2.45, 2.75) is 25.3 Å². The van der Waals surface area contributed by atoms with E-state index in [0.29, 0.717) is 5.92 Å². The SMILES string of the molecule is CCC1CC1(N)c1ccccn1. The number of nitrogens with two attached hydrogens (primary N) is 1. The molecule has 1 aromatic heterocycles. The lowest BCUT2D eigenvalue weighted by atomic mass is 10.1. The van der Waals surface area contributed by atoms with Gasteiger partial charge in [-0.2, -0.15) is 0 Å². The van der Waals surface area contributed by atoms with E-state index in [1.165, 1.54) is 0 Å². The van der Waals surface area contributed by atoms with Crippen LogP contribution in [0.4, 0.5) is 0 Å². The second-order valence-electron chi connectivity index (χ2n) is 3.56. The van der Waals surface area contributed by atoms with E-state index in [4.69, 9.17) is 5.73 Å². The number of pyridine rings is 1. The van der Waals surface area contributed by atoms with Crippen LogP contribution in [0.2, 0.25) is 0 Å². The smallest absolute Gasteiger partial charge is 0.0616 e. The van der Waals surface area contributed by atoms with Crippen molar-refractivity contribution in [2.24, 2.45) is 11.7 Å². The summed E-state index contributed by atoms with van der Waals surface area (Å²) in [5.74, 6) is 0.646. The van der Waals surface area contributed by atoms with Crippen molar-refractivity contribution in [3.05, 3.63) is 30.1 Å². The summed E-state index contributed by atoms with van der Waals surface area (Å²) in [5, 5.41) is 0. The summed E-state index contributed by atoms with van der Waals surface area (Å²) in [5.41, 5.74) is 7.11. The van der Waals surface area contributed by atoms with E-state index in [1.807, 2.05) is 24.4 Å². The molecule has 2 atom stereocenters. The first-order valence-electron chi connectivity index (χ1n) is 4.47. The monoisotopic (exact) mass is 162 g/mol. The number of rotatable bonds is 2. The minimum atomic E-state index is -0.101. The molecule has 0 aliphatic heterocycles. The van der Waals surface area contributed by atoms with Gasteiger partial charge in [-0.1, -0.05) is 19.4 Å². The van der Waals surface area contributed by atoms with E-state index >= 15 is 0 Å². The third-order valence-corrected chi connectivity index (χ3v) is 2.79. The predicted molar refractivity (Wildman–Crippen MR) is 48.5 cm³/mol. The molecule has 0 bridgehead atoms. The summed E-state index contributed by atoms with van der Waals surface area (Å²) in [6, 6.07) is 5.95. The molecule has 1 aliphatic rings. The Labute approximate surface area is 72.8 Å². The molecule has 2 nitrogen and oxygen atoms in total. The lowest BCUT2D eigenvalue weighted by Gasteiger charge is -2.08. The van der Waals surface area contributed by atoms with Gasteiger partial charge in [0.1, 0.15) is 0 Å². The highest BCUT2D eigenvalue weighted by Crippen LogP contribution is 2.50. The van der Waals surface area contributed by atoms with Gasteiger partial charge in [-0.25, -0.2) is 0 Å². The second-order valence-corrected chi connectivity index (χ2v) is 3.56. The van der Waals surface area contributed by atoms with E-state index in [2.05, 4.69) is 11.9 Å². The standard InChI is InChI=1S/C10H14N2/c1-2-8-7-10(8,11)9-5-3-4-6-12-9/h3-6,8H,2,7,11H2,1H3. The van der Waals surface area contributed by atoms with Gasteiger partial charge in [0, 0.05) is 6.20 Å². The average Bonchev–Trinajstić information content (AvgIpc) is 2.81. The topological polar surface area (TPSA) is 38.9 Å². The molecule has 1 heterocycles. The van der Waals surface area contributed by atoms with Crippen LogP contribution in [0.3, 0.4) is 0 Å². The molecule has 2 rings (SSSR count). The molecule has 2 N–H and O–H groups in total. The van der Waals surface area contributed by atoms with Gasteiger partial charge in [-0.3, -0.25) is 4.98 Å². The van der Waals surface area contributed by atoms with Crippen LogP contribution in [0.15, 0.2) is 24.4 Å². The van der Waals surface area contributed by atoms with Crippen LogP contribution in [-0.2, 0) is 5.54 Å². The highest BCUT2D eigenvalue weighted by molar-refractivity contribution is 5.24. The van der Waals surface area contributed by atoms with Crippen molar-refractivity contribution in [3.8, 4) is 0 Å². The number of nitrogens with zero attached hydrogens (tertiary/aromatic N) is 1. The molecule has 1 saturated carbocycles. The minimum absolute atomic E-state index is 0.101. The zero-order valence-electron chi connectivity index (χ0n) is 7.33. The third-order valence-electron chi connectivity index (χ3n) is 2.79. The maximum Gasteiger partial charge on any atom is 0.0616 e. The fraction of sp³-hybridized carbons (Fsp3) is 0.500. The van der Waals surface area contributed by atoms with E-state index in [9.17, 15) is 0 Å². The molecule has 0 spiro atoms. The Bertz CT molecular complexity index is 270. The molecule has 64 valence electrons. The van der Waals surface area contributed by atoms with Crippen molar-refractivity contribution >= 4 is 0 Å². The fourth-order valence-corrected chi connectivity index (χ4v) is 1.81. The molecular weight excluding hydrogens is 148 g/mol. The second kappa shape index (κ2) is 2.56. The molecule has 0 amide bonds. The summed E-state index contributed by atoms with van der Waals surface area (Å²) in [6.07, 6.45) is 4.07. The van der Waals surface area contributed by atoms with Gasteiger partial charge in [-0.15, -0.1) is 0 Å². The maximum atomic E-state index is 6.16. The van der Waals surface area contributed by atoms with Crippen LogP contribution in [-0.4, -0.2) is 4.98 Å². The number of hydrogen-bond donors (Lipinski definition) is 1.